The fourth-order valence-electron chi connectivity index (χ4n) is 3.28. The standard InChI is InChI=1S/C20H30N6O/c1-4-27-18-12-8-5-9-16(18)13-21-20(23-17-10-6-7-11-17)22-14-19-25-24-15(2)26(19)3/h5,8-9,12,17H,4,6-7,10-11,13-14H2,1-3H3,(H2,21,22,23). The summed E-state index contributed by atoms with van der Waals surface area (Å²) in [5, 5.41) is 15.3. The molecule has 1 heterocycles. The Morgan fingerprint density at radius 2 is 2.04 bits per heavy atom. The first-order valence-electron chi connectivity index (χ1n) is 9.77. The lowest BCUT2D eigenvalue weighted by Gasteiger charge is -2.17. The summed E-state index contributed by atoms with van der Waals surface area (Å²) in [6.45, 7) is 5.75. The molecule has 0 radical (unpaired) electrons. The molecule has 7 heteroatoms. The molecule has 2 N–H and O–H groups in total. The molecule has 1 fully saturated rings. The second-order valence-corrected chi connectivity index (χ2v) is 6.91. The van der Waals surface area contributed by atoms with E-state index in [0.29, 0.717) is 25.7 Å². The number of nitrogens with one attached hydrogen (secondary N) is 2. The van der Waals surface area contributed by atoms with Crippen LogP contribution in [-0.4, -0.2) is 33.4 Å². The Balaban J connectivity index is 1.70. The molecule has 0 saturated heterocycles. The van der Waals surface area contributed by atoms with Gasteiger partial charge in [-0.3, -0.25) is 0 Å². The fourth-order valence-corrected chi connectivity index (χ4v) is 3.28. The maximum absolute atomic E-state index is 5.72. The second kappa shape index (κ2) is 9.39. The Kier molecular flexibility index (Phi) is 6.68. The van der Waals surface area contributed by atoms with Crippen molar-refractivity contribution in [2.75, 3.05) is 6.61 Å². The summed E-state index contributed by atoms with van der Waals surface area (Å²) in [5.41, 5.74) is 1.08. The summed E-state index contributed by atoms with van der Waals surface area (Å²) in [6.07, 6.45) is 4.94. The predicted molar refractivity (Wildman–Crippen MR) is 107 cm³/mol. The molecule has 3 rings (SSSR count). The van der Waals surface area contributed by atoms with E-state index in [1.807, 2.05) is 43.7 Å². The lowest BCUT2D eigenvalue weighted by Crippen LogP contribution is -2.42. The Labute approximate surface area is 161 Å². The molecule has 1 aromatic carbocycles. The van der Waals surface area contributed by atoms with Crippen molar-refractivity contribution >= 4 is 5.96 Å². The Hall–Kier alpha value is -2.57. The molecule has 0 atom stereocenters. The lowest BCUT2D eigenvalue weighted by molar-refractivity contribution is 0.336. The zero-order valence-electron chi connectivity index (χ0n) is 16.5. The fraction of sp³-hybridized carbons (Fsp3) is 0.550. The van der Waals surface area contributed by atoms with Crippen LogP contribution in [0.15, 0.2) is 29.3 Å². The molecule has 0 spiro atoms. The molecule has 0 aliphatic heterocycles. The van der Waals surface area contributed by atoms with Crippen LogP contribution in [0.1, 0.15) is 49.8 Å². The van der Waals surface area contributed by atoms with E-state index in [9.17, 15) is 0 Å². The van der Waals surface area contributed by atoms with Crippen LogP contribution in [-0.2, 0) is 20.1 Å². The number of hydrogen-bond acceptors (Lipinski definition) is 4. The summed E-state index contributed by atoms with van der Waals surface area (Å²) in [6, 6.07) is 8.55. The zero-order valence-corrected chi connectivity index (χ0v) is 16.5. The van der Waals surface area contributed by atoms with Gasteiger partial charge >= 0.3 is 0 Å². The number of rotatable bonds is 7. The molecule has 0 amide bonds. The van der Waals surface area contributed by atoms with E-state index < -0.39 is 0 Å². The third-order valence-electron chi connectivity index (χ3n) is 4.97. The van der Waals surface area contributed by atoms with Gasteiger partial charge in [0.25, 0.3) is 0 Å². The van der Waals surface area contributed by atoms with E-state index >= 15 is 0 Å². The lowest BCUT2D eigenvalue weighted by atomic mass is 10.2. The van der Waals surface area contributed by atoms with Gasteiger partial charge in [-0.15, -0.1) is 10.2 Å². The van der Waals surface area contributed by atoms with Gasteiger partial charge in [0.15, 0.2) is 11.8 Å². The molecule has 0 unspecified atom stereocenters. The maximum atomic E-state index is 5.72. The van der Waals surface area contributed by atoms with Crippen LogP contribution in [0.4, 0.5) is 0 Å². The second-order valence-electron chi connectivity index (χ2n) is 6.91. The number of aryl methyl sites for hydroxylation is 1. The average molecular weight is 371 g/mol. The van der Waals surface area contributed by atoms with E-state index in [2.05, 4.69) is 26.9 Å². The number of ether oxygens (including phenoxy) is 1. The van der Waals surface area contributed by atoms with E-state index in [1.165, 1.54) is 25.7 Å². The zero-order chi connectivity index (χ0) is 19.1. The van der Waals surface area contributed by atoms with Crippen LogP contribution in [0, 0.1) is 6.92 Å². The number of para-hydroxylation sites is 1. The number of benzene rings is 1. The highest BCUT2D eigenvalue weighted by Gasteiger charge is 2.17. The van der Waals surface area contributed by atoms with Gasteiger partial charge in [0.2, 0.25) is 0 Å². The normalized spacial score (nSPS) is 15.1. The topological polar surface area (TPSA) is 76.4 Å². The molecule has 27 heavy (non-hydrogen) atoms. The van der Waals surface area contributed by atoms with Crippen LogP contribution in [0.2, 0.25) is 0 Å². The number of nitrogens with zero attached hydrogens (tertiary/aromatic N) is 4. The van der Waals surface area contributed by atoms with Gasteiger partial charge in [0, 0.05) is 18.7 Å². The van der Waals surface area contributed by atoms with Crippen LogP contribution in [0.5, 0.6) is 5.75 Å². The van der Waals surface area contributed by atoms with Crippen molar-refractivity contribution in [3.63, 3.8) is 0 Å². The molecule has 2 aromatic rings. The van der Waals surface area contributed by atoms with E-state index in [1.54, 1.807) is 0 Å². The predicted octanol–water partition coefficient (Wildman–Crippen LogP) is 2.70. The molecule has 1 saturated carbocycles. The summed E-state index contributed by atoms with van der Waals surface area (Å²) in [7, 11) is 1.98. The minimum atomic E-state index is 0.486. The van der Waals surface area contributed by atoms with E-state index in [0.717, 1.165) is 28.9 Å². The van der Waals surface area contributed by atoms with Crippen LogP contribution in [0.3, 0.4) is 0 Å². The first-order valence-corrected chi connectivity index (χ1v) is 9.77. The van der Waals surface area contributed by atoms with Gasteiger partial charge in [-0.05, 0) is 32.8 Å². The van der Waals surface area contributed by atoms with Gasteiger partial charge < -0.3 is 19.9 Å². The smallest absolute Gasteiger partial charge is 0.192 e. The number of hydrogen-bond donors (Lipinski definition) is 2. The molecule has 1 aliphatic rings. The average Bonchev–Trinajstić information content (AvgIpc) is 3.30. The van der Waals surface area contributed by atoms with Gasteiger partial charge in [0.1, 0.15) is 11.6 Å². The molecule has 0 bridgehead atoms. The number of guanidine groups is 1. The van der Waals surface area contributed by atoms with Gasteiger partial charge in [0.05, 0.1) is 19.7 Å². The number of aliphatic imine (C=N–C) groups is 1. The first kappa shape index (κ1) is 19.2. The van der Waals surface area contributed by atoms with Gasteiger partial charge in [-0.25, -0.2) is 4.99 Å². The monoisotopic (exact) mass is 370 g/mol. The Morgan fingerprint density at radius 1 is 1.26 bits per heavy atom. The Morgan fingerprint density at radius 3 is 2.74 bits per heavy atom. The van der Waals surface area contributed by atoms with Crippen LogP contribution < -0.4 is 15.4 Å². The maximum Gasteiger partial charge on any atom is 0.192 e. The summed E-state index contributed by atoms with van der Waals surface area (Å²) in [4.78, 5) is 4.81. The highest BCUT2D eigenvalue weighted by Crippen LogP contribution is 2.19. The van der Waals surface area contributed by atoms with Crippen molar-refractivity contribution in [2.45, 2.75) is 58.7 Å². The number of aromatic nitrogens is 3. The van der Waals surface area contributed by atoms with Crippen molar-refractivity contribution in [3.05, 3.63) is 41.5 Å². The van der Waals surface area contributed by atoms with Gasteiger partial charge in [-0.1, -0.05) is 31.0 Å². The van der Waals surface area contributed by atoms with Crippen LogP contribution in [0.25, 0.3) is 0 Å². The third-order valence-corrected chi connectivity index (χ3v) is 4.97. The van der Waals surface area contributed by atoms with Crippen molar-refractivity contribution < 1.29 is 4.74 Å². The SMILES string of the molecule is CCOc1ccccc1CN=C(NCc1nnc(C)n1C)NC1CCCC1. The van der Waals surface area contributed by atoms with E-state index in [-0.39, 0.29) is 0 Å². The molecule has 146 valence electrons. The van der Waals surface area contributed by atoms with Crippen molar-refractivity contribution in [3.8, 4) is 5.75 Å². The van der Waals surface area contributed by atoms with Gasteiger partial charge in [-0.2, -0.15) is 0 Å². The summed E-state index contributed by atoms with van der Waals surface area (Å²) >= 11 is 0. The minimum absolute atomic E-state index is 0.486. The van der Waals surface area contributed by atoms with Crippen LogP contribution >= 0.6 is 0 Å². The largest absolute Gasteiger partial charge is 0.494 e. The van der Waals surface area contributed by atoms with Crippen molar-refractivity contribution in [2.24, 2.45) is 12.0 Å². The van der Waals surface area contributed by atoms with Crippen molar-refractivity contribution in [1.82, 2.24) is 25.4 Å². The first-order chi connectivity index (χ1) is 13.2. The third kappa shape index (κ3) is 5.21. The van der Waals surface area contributed by atoms with Crippen molar-refractivity contribution in [1.29, 1.82) is 0 Å². The molecular formula is C20H30N6O. The highest BCUT2D eigenvalue weighted by atomic mass is 16.5. The quantitative estimate of drug-likeness (QED) is 0.579. The Bertz CT molecular complexity index is 764. The van der Waals surface area contributed by atoms with E-state index in [4.69, 9.17) is 9.73 Å². The summed E-state index contributed by atoms with van der Waals surface area (Å²) in [5.74, 6) is 3.50. The molecular weight excluding hydrogens is 340 g/mol. The highest BCUT2D eigenvalue weighted by molar-refractivity contribution is 5.80. The molecule has 7 nitrogen and oxygen atoms in total. The minimum Gasteiger partial charge on any atom is -0.494 e. The molecule has 1 aromatic heterocycles. The summed E-state index contributed by atoms with van der Waals surface area (Å²) < 4.78 is 7.71. The molecule has 1 aliphatic carbocycles.